The molecule has 0 aliphatic carbocycles. The number of benzene rings is 2. The highest BCUT2D eigenvalue weighted by Crippen LogP contribution is 2.20. The zero-order chi connectivity index (χ0) is 19.1. The summed E-state index contributed by atoms with van der Waals surface area (Å²) in [5.74, 6) is 0.316. The summed E-state index contributed by atoms with van der Waals surface area (Å²) in [6, 6.07) is 17.9. The van der Waals surface area contributed by atoms with Crippen molar-refractivity contribution in [3.05, 3.63) is 60.2 Å². The van der Waals surface area contributed by atoms with E-state index in [4.69, 9.17) is 0 Å². The van der Waals surface area contributed by atoms with Crippen molar-refractivity contribution in [3.63, 3.8) is 0 Å². The molecule has 0 spiro atoms. The first-order valence-corrected chi connectivity index (χ1v) is 9.32. The number of hydrogen-bond donors (Lipinski definition) is 1. The average molecular weight is 351 g/mol. The SMILES string of the molecule is CC(=O)[C@H](Cc1ccc(-c2ccccc2)cc1)NC(=O)[C@@H](C)CC(C)C. The fourth-order valence-electron chi connectivity index (χ4n) is 3.12. The van der Waals surface area contributed by atoms with Gasteiger partial charge in [-0.1, -0.05) is 75.4 Å². The summed E-state index contributed by atoms with van der Waals surface area (Å²) >= 11 is 0. The molecule has 0 radical (unpaired) electrons. The van der Waals surface area contributed by atoms with Gasteiger partial charge in [-0.25, -0.2) is 0 Å². The van der Waals surface area contributed by atoms with Crippen molar-refractivity contribution in [1.82, 2.24) is 5.32 Å². The third kappa shape index (κ3) is 5.83. The van der Waals surface area contributed by atoms with Crippen LogP contribution in [-0.4, -0.2) is 17.7 Å². The smallest absolute Gasteiger partial charge is 0.223 e. The molecule has 0 unspecified atom stereocenters. The standard InChI is InChI=1S/C23H29NO2/c1-16(2)14-17(3)23(26)24-22(18(4)25)15-19-10-12-21(13-11-19)20-8-6-5-7-9-20/h5-13,16-17,22H,14-15H2,1-4H3,(H,24,26)/t17-,22-/m0/s1. The first-order chi connectivity index (χ1) is 12.4. The van der Waals surface area contributed by atoms with Crippen LogP contribution in [0.4, 0.5) is 0 Å². The molecule has 0 bridgehead atoms. The Bertz CT molecular complexity index is 720. The highest BCUT2D eigenvalue weighted by atomic mass is 16.2. The van der Waals surface area contributed by atoms with Gasteiger partial charge in [0.05, 0.1) is 6.04 Å². The highest BCUT2D eigenvalue weighted by Gasteiger charge is 2.21. The van der Waals surface area contributed by atoms with Gasteiger partial charge in [-0.15, -0.1) is 0 Å². The maximum atomic E-state index is 12.4. The molecule has 0 aliphatic rings. The van der Waals surface area contributed by atoms with E-state index in [0.29, 0.717) is 12.3 Å². The zero-order valence-electron chi connectivity index (χ0n) is 16.2. The van der Waals surface area contributed by atoms with E-state index in [-0.39, 0.29) is 17.6 Å². The van der Waals surface area contributed by atoms with Crippen LogP contribution in [0.5, 0.6) is 0 Å². The summed E-state index contributed by atoms with van der Waals surface area (Å²) in [5.41, 5.74) is 3.35. The Morgan fingerprint density at radius 2 is 1.46 bits per heavy atom. The summed E-state index contributed by atoms with van der Waals surface area (Å²) in [7, 11) is 0. The normalized spacial score (nSPS) is 13.3. The van der Waals surface area contributed by atoms with Gasteiger partial charge in [0.2, 0.25) is 5.91 Å². The van der Waals surface area contributed by atoms with E-state index < -0.39 is 6.04 Å². The van der Waals surface area contributed by atoms with E-state index in [1.165, 1.54) is 6.92 Å². The number of amides is 1. The summed E-state index contributed by atoms with van der Waals surface area (Å²) in [6.45, 7) is 7.65. The third-order valence-corrected chi connectivity index (χ3v) is 4.58. The molecule has 0 saturated heterocycles. The van der Waals surface area contributed by atoms with Crippen LogP contribution in [0.3, 0.4) is 0 Å². The minimum atomic E-state index is -0.473. The molecule has 2 atom stereocenters. The minimum Gasteiger partial charge on any atom is -0.346 e. The van der Waals surface area contributed by atoms with Crippen molar-refractivity contribution < 1.29 is 9.59 Å². The second-order valence-corrected chi connectivity index (χ2v) is 7.47. The molecular formula is C23H29NO2. The lowest BCUT2D eigenvalue weighted by molar-refractivity contribution is -0.129. The van der Waals surface area contributed by atoms with Crippen molar-refractivity contribution in [2.75, 3.05) is 0 Å². The number of hydrogen-bond acceptors (Lipinski definition) is 2. The molecule has 1 N–H and O–H groups in total. The predicted molar refractivity (Wildman–Crippen MR) is 107 cm³/mol. The van der Waals surface area contributed by atoms with Gasteiger partial charge >= 0.3 is 0 Å². The fraction of sp³-hybridized carbons (Fsp3) is 0.391. The van der Waals surface area contributed by atoms with Gasteiger partial charge in [-0.2, -0.15) is 0 Å². The Morgan fingerprint density at radius 3 is 2.00 bits per heavy atom. The highest BCUT2D eigenvalue weighted by molar-refractivity contribution is 5.88. The molecule has 3 nitrogen and oxygen atoms in total. The Balaban J connectivity index is 2.03. The lowest BCUT2D eigenvalue weighted by Gasteiger charge is -2.20. The topological polar surface area (TPSA) is 46.2 Å². The third-order valence-electron chi connectivity index (χ3n) is 4.58. The zero-order valence-corrected chi connectivity index (χ0v) is 16.2. The molecule has 138 valence electrons. The molecule has 1 amide bonds. The van der Waals surface area contributed by atoms with E-state index in [9.17, 15) is 9.59 Å². The fourth-order valence-corrected chi connectivity index (χ4v) is 3.12. The van der Waals surface area contributed by atoms with Crippen molar-refractivity contribution >= 4 is 11.7 Å². The largest absolute Gasteiger partial charge is 0.346 e. The van der Waals surface area contributed by atoms with Crippen molar-refractivity contribution in [2.24, 2.45) is 11.8 Å². The maximum absolute atomic E-state index is 12.4. The van der Waals surface area contributed by atoms with E-state index in [0.717, 1.165) is 23.1 Å². The lowest BCUT2D eigenvalue weighted by atomic mass is 9.96. The second-order valence-electron chi connectivity index (χ2n) is 7.47. The van der Waals surface area contributed by atoms with Crippen LogP contribution in [0.15, 0.2) is 54.6 Å². The average Bonchev–Trinajstić information content (AvgIpc) is 2.61. The predicted octanol–water partition coefficient (Wildman–Crippen LogP) is 4.65. The first kappa shape index (κ1) is 19.9. The first-order valence-electron chi connectivity index (χ1n) is 9.32. The molecule has 0 saturated carbocycles. The van der Waals surface area contributed by atoms with E-state index >= 15 is 0 Å². The Morgan fingerprint density at radius 1 is 0.885 bits per heavy atom. The van der Waals surface area contributed by atoms with Gasteiger partial charge in [0.25, 0.3) is 0 Å². The molecule has 2 rings (SSSR count). The Labute approximate surface area is 156 Å². The molecule has 0 heterocycles. The molecule has 26 heavy (non-hydrogen) atoms. The van der Waals surface area contributed by atoms with Crippen LogP contribution in [-0.2, 0) is 16.0 Å². The summed E-state index contributed by atoms with van der Waals surface area (Å²) in [5, 5.41) is 2.93. The van der Waals surface area contributed by atoms with Gasteiger partial charge < -0.3 is 5.32 Å². The van der Waals surface area contributed by atoms with Crippen LogP contribution < -0.4 is 5.32 Å². The van der Waals surface area contributed by atoms with E-state index in [2.05, 4.69) is 43.4 Å². The quantitative estimate of drug-likeness (QED) is 0.752. The minimum absolute atomic E-state index is 0.0118. The summed E-state index contributed by atoms with van der Waals surface area (Å²) in [4.78, 5) is 24.4. The van der Waals surface area contributed by atoms with Gasteiger partial charge in [0, 0.05) is 5.92 Å². The monoisotopic (exact) mass is 351 g/mol. The summed E-state index contributed by atoms with van der Waals surface area (Å²) in [6.07, 6.45) is 1.34. The van der Waals surface area contributed by atoms with Crippen molar-refractivity contribution in [2.45, 2.75) is 46.6 Å². The number of carbonyl (C=O) groups is 2. The second kappa shape index (κ2) is 9.33. The van der Waals surface area contributed by atoms with Gasteiger partial charge in [-0.05, 0) is 42.4 Å². The molecule has 0 fully saturated rings. The van der Waals surface area contributed by atoms with Gasteiger partial charge in [-0.3, -0.25) is 9.59 Å². The van der Waals surface area contributed by atoms with E-state index in [1.807, 2.05) is 37.3 Å². The van der Waals surface area contributed by atoms with Crippen LogP contribution in [0.25, 0.3) is 11.1 Å². The molecule has 2 aromatic carbocycles. The number of ketones is 1. The maximum Gasteiger partial charge on any atom is 0.223 e. The summed E-state index contributed by atoms with van der Waals surface area (Å²) < 4.78 is 0. The number of rotatable bonds is 8. The number of Topliss-reactive ketones (excluding diaryl/α,β-unsaturated/α-hetero) is 1. The van der Waals surface area contributed by atoms with Crippen LogP contribution in [0.2, 0.25) is 0 Å². The van der Waals surface area contributed by atoms with Gasteiger partial charge in [0.15, 0.2) is 5.78 Å². The molecule has 3 heteroatoms. The molecular weight excluding hydrogens is 322 g/mol. The lowest BCUT2D eigenvalue weighted by Crippen LogP contribution is -2.43. The van der Waals surface area contributed by atoms with Crippen LogP contribution in [0.1, 0.15) is 39.7 Å². The number of carbonyl (C=O) groups excluding carboxylic acids is 2. The molecule has 2 aromatic rings. The number of nitrogens with one attached hydrogen (secondary N) is 1. The van der Waals surface area contributed by atoms with Crippen molar-refractivity contribution in [1.29, 1.82) is 0 Å². The molecule has 0 aromatic heterocycles. The Kier molecular flexibility index (Phi) is 7.14. The molecule has 0 aliphatic heterocycles. The van der Waals surface area contributed by atoms with Crippen LogP contribution >= 0.6 is 0 Å². The van der Waals surface area contributed by atoms with Crippen LogP contribution in [0, 0.1) is 11.8 Å². The van der Waals surface area contributed by atoms with Gasteiger partial charge in [0.1, 0.15) is 0 Å². The van der Waals surface area contributed by atoms with E-state index in [1.54, 1.807) is 0 Å². The Hall–Kier alpha value is -2.42. The van der Waals surface area contributed by atoms with Crippen molar-refractivity contribution in [3.8, 4) is 11.1 Å².